The highest BCUT2D eigenvalue weighted by Gasteiger charge is 2.23. The number of rotatable bonds is 15. The number of ether oxygens (including phenoxy) is 1. The number of hydrogen-bond donors (Lipinski definition) is 3. The van der Waals surface area contributed by atoms with E-state index < -0.39 is 17.1 Å². The van der Waals surface area contributed by atoms with Crippen molar-refractivity contribution in [3.63, 3.8) is 0 Å². The van der Waals surface area contributed by atoms with Crippen LogP contribution in [0.15, 0.2) is 165 Å². The predicted octanol–water partition coefficient (Wildman–Crippen LogP) is 10.8. The van der Waals surface area contributed by atoms with Gasteiger partial charge >= 0.3 is 0 Å². The highest BCUT2D eigenvalue weighted by molar-refractivity contribution is 9.10. The van der Waals surface area contributed by atoms with Crippen LogP contribution in [-0.2, 0) is 9.59 Å². The molecule has 3 N–H and O–H groups in total. The van der Waals surface area contributed by atoms with E-state index in [1.54, 1.807) is 42.5 Å². The van der Waals surface area contributed by atoms with E-state index in [4.69, 9.17) is 9.15 Å². The van der Waals surface area contributed by atoms with Crippen LogP contribution in [0.5, 0.6) is 5.75 Å². The van der Waals surface area contributed by atoms with Gasteiger partial charge < -0.3 is 25.1 Å². The van der Waals surface area contributed by atoms with Crippen LogP contribution in [0.1, 0.15) is 46.7 Å². The number of hydrogen-bond acceptors (Lipinski definition) is 6. The fraction of sp³-hybridized carbons (Fsp3) is 0.114. The molecule has 0 fully saturated rings. The van der Waals surface area contributed by atoms with Crippen LogP contribution in [0.3, 0.4) is 0 Å². The minimum atomic E-state index is -0.551. The van der Waals surface area contributed by atoms with E-state index in [-0.39, 0.29) is 11.6 Å². The lowest BCUT2D eigenvalue weighted by atomic mass is 10.1. The van der Waals surface area contributed by atoms with E-state index in [0.717, 1.165) is 39.1 Å². The fourth-order valence-corrected chi connectivity index (χ4v) is 6.60. The molecule has 8 nitrogen and oxygen atoms in total. The molecule has 3 amide bonds. The molecule has 0 aliphatic heterocycles. The van der Waals surface area contributed by atoms with Gasteiger partial charge in [0.05, 0.1) is 6.61 Å². The van der Waals surface area contributed by atoms with Crippen molar-refractivity contribution >= 4 is 62.9 Å². The van der Waals surface area contributed by atoms with Gasteiger partial charge in [-0.25, -0.2) is 0 Å². The van der Waals surface area contributed by atoms with Crippen molar-refractivity contribution in [2.45, 2.75) is 29.9 Å². The molecule has 6 aromatic rings. The van der Waals surface area contributed by atoms with Crippen LogP contribution in [0.4, 0.5) is 11.4 Å². The summed E-state index contributed by atoms with van der Waals surface area (Å²) in [5.41, 5.74) is 3.29. The topological polar surface area (TPSA) is 110 Å². The van der Waals surface area contributed by atoms with Crippen LogP contribution < -0.4 is 20.7 Å². The van der Waals surface area contributed by atoms with Crippen molar-refractivity contribution in [1.29, 1.82) is 0 Å². The molecule has 10 heteroatoms. The molecule has 0 unspecified atom stereocenters. The number of amides is 3. The second kappa shape index (κ2) is 18.8. The molecule has 0 radical (unpaired) electrons. The molecule has 54 heavy (non-hydrogen) atoms. The smallest absolute Gasteiger partial charge is 0.272 e. The Morgan fingerprint density at radius 2 is 1.41 bits per heavy atom. The molecular formula is C44H38BrN3O5S. The average Bonchev–Trinajstić information content (AvgIpc) is 3.67. The number of carbonyl (C=O) groups excluding carboxylic acids is 3. The van der Waals surface area contributed by atoms with Gasteiger partial charge in [0, 0.05) is 37.9 Å². The van der Waals surface area contributed by atoms with Crippen LogP contribution >= 0.6 is 27.7 Å². The summed E-state index contributed by atoms with van der Waals surface area (Å²) >= 11 is 4.84. The Hall–Kier alpha value is -5.84. The first kappa shape index (κ1) is 37.9. The number of benzene rings is 5. The number of anilines is 2. The van der Waals surface area contributed by atoms with E-state index in [2.05, 4.69) is 38.8 Å². The molecule has 272 valence electrons. The van der Waals surface area contributed by atoms with Crippen molar-refractivity contribution in [2.24, 2.45) is 0 Å². The zero-order valence-electron chi connectivity index (χ0n) is 29.5. The first-order valence-corrected chi connectivity index (χ1v) is 19.1. The van der Waals surface area contributed by atoms with Gasteiger partial charge in [0.1, 0.15) is 28.2 Å². The molecule has 5 aromatic carbocycles. The Bertz CT molecular complexity index is 2190. The minimum absolute atomic E-state index is 0.000350. The van der Waals surface area contributed by atoms with Crippen molar-refractivity contribution in [3.05, 3.63) is 173 Å². The predicted molar refractivity (Wildman–Crippen MR) is 219 cm³/mol. The molecule has 0 aliphatic carbocycles. The van der Waals surface area contributed by atoms with Gasteiger partial charge in [-0.05, 0) is 96.9 Å². The second-order valence-corrected chi connectivity index (χ2v) is 14.3. The summed E-state index contributed by atoms with van der Waals surface area (Å²) in [5.74, 6) is 0.613. The molecule has 0 saturated carbocycles. The van der Waals surface area contributed by atoms with Gasteiger partial charge in [0.2, 0.25) is 5.91 Å². The largest absolute Gasteiger partial charge is 0.494 e. The standard InChI is InChI=1S/C44H38BrN3O5S/c1-2-3-28-52-36-22-18-34(19-23-36)47-44(51)41(31-10-6-4-7-11-31)54-38-25-20-35(21-26-38)46-43(50)39(48-42(49)32-12-8-5-9-13-32)29-37-24-27-40(53-37)30-14-16-33(45)17-15-30/h4-27,29,41H,2-3,28H2,1H3,(H,46,50)(H,47,51)(H,48,49)/b39-29-/t41-/m1/s1. The monoisotopic (exact) mass is 799 g/mol. The van der Waals surface area contributed by atoms with E-state index >= 15 is 0 Å². The van der Waals surface area contributed by atoms with Crippen LogP contribution in [0.25, 0.3) is 17.4 Å². The van der Waals surface area contributed by atoms with Gasteiger partial charge in [0.25, 0.3) is 11.8 Å². The minimum Gasteiger partial charge on any atom is -0.494 e. The zero-order valence-corrected chi connectivity index (χ0v) is 31.9. The van der Waals surface area contributed by atoms with Crippen molar-refractivity contribution in [2.75, 3.05) is 17.2 Å². The summed E-state index contributed by atoms with van der Waals surface area (Å²) in [6, 6.07) is 44.0. The summed E-state index contributed by atoms with van der Waals surface area (Å²) in [4.78, 5) is 41.3. The van der Waals surface area contributed by atoms with Gasteiger partial charge in [-0.2, -0.15) is 0 Å². The van der Waals surface area contributed by atoms with E-state index in [1.807, 2.05) is 103 Å². The first-order valence-electron chi connectivity index (χ1n) is 17.5. The van der Waals surface area contributed by atoms with Gasteiger partial charge in [-0.1, -0.05) is 89.9 Å². The van der Waals surface area contributed by atoms with Crippen LogP contribution in [0, 0.1) is 0 Å². The lowest BCUT2D eigenvalue weighted by Gasteiger charge is -2.18. The third-order valence-corrected chi connectivity index (χ3v) is 9.96. The maximum absolute atomic E-state index is 13.7. The Kier molecular flexibility index (Phi) is 13.2. The molecule has 0 saturated heterocycles. The van der Waals surface area contributed by atoms with Gasteiger partial charge in [-0.3, -0.25) is 14.4 Å². The number of carbonyl (C=O) groups is 3. The average molecular weight is 801 g/mol. The van der Waals surface area contributed by atoms with E-state index in [1.165, 1.54) is 17.8 Å². The maximum Gasteiger partial charge on any atom is 0.272 e. The second-order valence-electron chi connectivity index (χ2n) is 12.2. The third-order valence-electron chi connectivity index (χ3n) is 8.17. The highest BCUT2D eigenvalue weighted by atomic mass is 79.9. The molecule has 0 bridgehead atoms. The van der Waals surface area contributed by atoms with Gasteiger partial charge in [-0.15, -0.1) is 11.8 Å². The van der Waals surface area contributed by atoms with Crippen molar-refractivity contribution in [3.8, 4) is 17.1 Å². The molecule has 1 heterocycles. The summed E-state index contributed by atoms with van der Waals surface area (Å²) < 4.78 is 12.7. The fourth-order valence-electron chi connectivity index (χ4n) is 5.31. The molecule has 0 spiro atoms. The van der Waals surface area contributed by atoms with E-state index in [0.29, 0.717) is 35.1 Å². The Morgan fingerprint density at radius 3 is 2.09 bits per heavy atom. The first-order chi connectivity index (χ1) is 26.3. The molecule has 6 rings (SSSR count). The molecular weight excluding hydrogens is 762 g/mol. The van der Waals surface area contributed by atoms with Crippen LogP contribution in [0.2, 0.25) is 0 Å². The Balaban J connectivity index is 1.16. The number of thioether (sulfide) groups is 1. The Labute approximate surface area is 327 Å². The number of unbranched alkanes of at least 4 members (excludes halogenated alkanes) is 1. The number of nitrogens with one attached hydrogen (secondary N) is 3. The molecule has 1 aromatic heterocycles. The quantitative estimate of drug-likeness (QED) is 0.0542. The van der Waals surface area contributed by atoms with Crippen molar-refractivity contribution < 1.29 is 23.5 Å². The van der Waals surface area contributed by atoms with Gasteiger partial charge in [0.15, 0.2) is 0 Å². The summed E-state index contributed by atoms with van der Waals surface area (Å²) in [6.45, 7) is 2.77. The normalized spacial score (nSPS) is 11.7. The van der Waals surface area contributed by atoms with E-state index in [9.17, 15) is 14.4 Å². The SMILES string of the molecule is CCCCOc1ccc(NC(=O)[C@H](Sc2ccc(NC(=O)/C(=C/c3ccc(-c4ccc(Br)cc4)o3)NC(=O)c3ccccc3)cc2)c2ccccc2)cc1. The summed E-state index contributed by atoms with van der Waals surface area (Å²) in [7, 11) is 0. The lowest BCUT2D eigenvalue weighted by Crippen LogP contribution is -2.30. The molecule has 1 atom stereocenters. The summed E-state index contributed by atoms with van der Waals surface area (Å²) in [6.07, 6.45) is 3.53. The number of furan rings is 1. The van der Waals surface area contributed by atoms with Crippen LogP contribution in [-0.4, -0.2) is 24.3 Å². The van der Waals surface area contributed by atoms with Crippen molar-refractivity contribution in [1.82, 2.24) is 5.32 Å². The maximum atomic E-state index is 13.7. The Morgan fingerprint density at radius 1 is 0.759 bits per heavy atom. The zero-order chi connectivity index (χ0) is 37.7. The third kappa shape index (κ3) is 10.6. The summed E-state index contributed by atoms with van der Waals surface area (Å²) in [5, 5.41) is 8.13. The lowest BCUT2D eigenvalue weighted by molar-refractivity contribution is -0.116. The molecule has 0 aliphatic rings. The number of halogens is 1. The highest BCUT2D eigenvalue weighted by Crippen LogP contribution is 2.37.